The van der Waals surface area contributed by atoms with E-state index in [2.05, 4.69) is 48.4 Å². The molecule has 2 rings (SSSR count). The van der Waals surface area contributed by atoms with Crippen molar-refractivity contribution >= 4 is 27.7 Å². The number of nitrogens with zero attached hydrogens (tertiary/aromatic N) is 1. The van der Waals surface area contributed by atoms with Crippen LogP contribution in [0.1, 0.15) is 31.7 Å². The first-order valence-corrected chi connectivity index (χ1v) is 12.2. The Bertz CT molecular complexity index is 689. The molecule has 158 valence electrons. The summed E-state index contributed by atoms with van der Waals surface area (Å²) in [5, 5.41) is 3.70. The van der Waals surface area contributed by atoms with Crippen LogP contribution in [0.4, 0.5) is 4.79 Å². The van der Waals surface area contributed by atoms with Crippen molar-refractivity contribution in [3.63, 3.8) is 0 Å². The van der Waals surface area contributed by atoms with Gasteiger partial charge in [-0.3, -0.25) is 0 Å². The number of ether oxygens (including phenoxy) is 2. The van der Waals surface area contributed by atoms with Gasteiger partial charge in [0.15, 0.2) is 0 Å². The maximum Gasteiger partial charge on any atom is 0.407 e. The zero-order valence-electron chi connectivity index (χ0n) is 17.1. The second kappa shape index (κ2) is 14.3. The largest absolute Gasteiger partial charge is 0.447 e. The molecule has 0 spiro atoms. The highest BCUT2D eigenvalue weighted by atomic mass is 33.1. The summed E-state index contributed by atoms with van der Waals surface area (Å²) >= 11 is 0. The number of benzene rings is 1. The van der Waals surface area contributed by atoms with Gasteiger partial charge >= 0.3 is 6.09 Å². The fourth-order valence-electron chi connectivity index (χ4n) is 2.64. The van der Waals surface area contributed by atoms with Crippen LogP contribution in [-0.4, -0.2) is 43.2 Å². The molecule has 0 aliphatic rings. The molecule has 0 fully saturated rings. The zero-order valence-corrected chi connectivity index (χ0v) is 18.7. The third kappa shape index (κ3) is 10.1. The summed E-state index contributed by atoms with van der Waals surface area (Å²) in [5.74, 6) is 1.81. The molecule has 1 N–H and O–H groups in total. The summed E-state index contributed by atoms with van der Waals surface area (Å²) in [6, 6.07) is 16.3. The van der Waals surface area contributed by atoms with Crippen molar-refractivity contribution in [2.24, 2.45) is 5.92 Å². The Morgan fingerprint density at radius 1 is 1.07 bits per heavy atom. The summed E-state index contributed by atoms with van der Waals surface area (Å²) in [5.41, 5.74) is 1.36. The Morgan fingerprint density at radius 3 is 2.62 bits per heavy atom. The fraction of sp³-hybridized carbons (Fsp3) is 0.455. The standard InChI is InChI=1S/C22H30N2O3S2/c1-18(19(2)20-8-4-3-5-9-20)11-14-26-15-16-27-22(25)24-13-17-28-29-21-10-6-7-12-23-21/h3-10,12,18-19H,11,13-17H2,1-2H3,(H,24,25). The monoisotopic (exact) mass is 434 g/mol. The smallest absolute Gasteiger partial charge is 0.407 e. The van der Waals surface area contributed by atoms with Gasteiger partial charge in [-0.05, 0) is 46.7 Å². The van der Waals surface area contributed by atoms with E-state index in [-0.39, 0.29) is 6.61 Å². The molecule has 1 aromatic carbocycles. The van der Waals surface area contributed by atoms with Gasteiger partial charge in [-0.2, -0.15) is 0 Å². The Hall–Kier alpha value is -1.70. The predicted octanol–water partition coefficient (Wildman–Crippen LogP) is 5.39. The number of hydrogen-bond acceptors (Lipinski definition) is 6. The first-order chi connectivity index (χ1) is 14.2. The topological polar surface area (TPSA) is 60.5 Å². The molecule has 0 radical (unpaired) electrons. The van der Waals surface area contributed by atoms with Crippen molar-refractivity contribution in [3.8, 4) is 0 Å². The molecule has 7 heteroatoms. The molecule has 2 aromatic rings. The molecular weight excluding hydrogens is 404 g/mol. The van der Waals surface area contributed by atoms with Gasteiger partial charge in [0.2, 0.25) is 0 Å². The first kappa shape index (κ1) is 23.6. The number of amides is 1. The number of aromatic nitrogens is 1. The molecule has 0 saturated heterocycles. The highest BCUT2D eigenvalue weighted by Crippen LogP contribution is 2.28. The lowest BCUT2D eigenvalue weighted by molar-refractivity contribution is 0.0664. The molecule has 1 amide bonds. The average molecular weight is 435 g/mol. The number of nitrogens with one attached hydrogen (secondary N) is 1. The number of hydrogen-bond donors (Lipinski definition) is 1. The van der Waals surface area contributed by atoms with Crippen LogP contribution >= 0.6 is 21.6 Å². The van der Waals surface area contributed by atoms with E-state index in [4.69, 9.17) is 9.47 Å². The number of carbonyl (C=O) groups is 1. The van der Waals surface area contributed by atoms with Crippen LogP contribution < -0.4 is 5.32 Å². The quantitative estimate of drug-likeness (QED) is 0.337. The summed E-state index contributed by atoms with van der Waals surface area (Å²) in [6.07, 6.45) is 2.35. The molecule has 5 nitrogen and oxygen atoms in total. The Balaban J connectivity index is 1.43. The molecule has 2 unspecified atom stereocenters. The van der Waals surface area contributed by atoms with E-state index in [9.17, 15) is 4.79 Å². The van der Waals surface area contributed by atoms with Crippen LogP contribution in [0.2, 0.25) is 0 Å². The maximum atomic E-state index is 11.6. The van der Waals surface area contributed by atoms with Crippen molar-refractivity contribution < 1.29 is 14.3 Å². The highest BCUT2D eigenvalue weighted by Gasteiger charge is 2.13. The van der Waals surface area contributed by atoms with Crippen LogP contribution in [0.25, 0.3) is 0 Å². The van der Waals surface area contributed by atoms with Crippen molar-refractivity contribution in [1.82, 2.24) is 10.3 Å². The number of rotatable bonds is 13. The highest BCUT2D eigenvalue weighted by molar-refractivity contribution is 8.76. The SMILES string of the molecule is CC(CCOCCOC(=O)NCCSSc1ccccn1)C(C)c1ccccc1. The third-order valence-electron chi connectivity index (χ3n) is 4.59. The maximum absolute atomic E-state index is 11.6. The molecule has 0 bridgehead atoms. The first-order valence-electron chi connectivity index (χ1n) is 9.90. The molecule has 0 aliphatic carbocycles. The predicted molar refractivity (Wildman–Crippen MR) is 121 cm³/mol. The Labute approximate surface area is 181 Å². The number of carbonyl (C=O) groups excluding carboxylic acids is 1. The van der Waals surface area contributed by atoms with Gasteiger partial charge in [-0.15, -0.1) is 0 Å². The van der Waals surface area contributed by atoms with Crippen molar-refractivity contribution in [2.45, 2.75) is 31.2 Å². The fourth-order valence-corrected chi connectivity index (χ4v) is 4.43. The second-order valence-corrected chi connectivity index (χ2v) is 9.15. The molecule has 0 saturated carbocycles. The van der Waals surface area contributed by atoms with Crippen molar-refractivity contribution in [3.05, 3.63) is 60.3 Å². The summed E-state index contributed by atoms with van der Waals surface area (Å²) < 4.78 is 10.7. The van der Waals surface area contributed by atoms with E-state index < -0.39 is 6.09 Å². The van der Waals surface area contributed by atoms with Crippen LogP contribution in [0.3, 0.4) is 0 Å². The van der Waals surface area contributed by atoms with E-state index in [0.717, 1.165) is 17.2 Å². The van der Waals surface area contributed by atoms with E-state index in [0.29, 0.717) is 31.6 Å². The van der Waals surface area contributed by atoms with Gasteiger partial charge in [0.1, 0.15) is 11.6 Å². The van der Waals surface area contributed by atoms with Gasteiger partial charge < -0.3 is 14.8 Å². The molecule has 1 aromatic heterocycles. The second-order valence-electron chi connectivity index (χ2n) is 6.71. The summed E-state index contributed by atoms with van der Waals surface area (Å²) in [7, 11) is 3.24. The summed E-state index contributed by atoms with van der Waals surface area (Å²) in [4.78, 5) is 15.9. The van der Waals surface area contributed by atoms with Gasteiger partial charge in [0, 0.05) is 25.1 Å². The molecule has 2 atom stereocenters. The molecule has 0 aliphatic heterocycles. The minimum Gasteiger partial charge on any atom is -0.447 e. The van der Waals surface area contributed by atoms with Gasteiger partial charge in [0.25, 0.3) is 0 Å². The lowest BCUT2D eigenvalue weighted by atomic mass is 9.87. The minimum absolute atomic E-state index is 0.268. The molecular formula is C22H30N2O3S2. The average Bonchev–Trinajstić information content (AvgIpc) is 2.76. The van der Waals surface area contributed by atoms with Gasteiger partial charge in [-0.25, -0.2) is 9.78 Å². The van der Waals surface area contributed by atoms with E-state index in [1.165, 1.54) is 5.56 Å². The Kier molecular flexibility index (Phi) is 11.6. The van der Waals surface area contributed by atoms with Crippen molar-refractivity contribution in [1.29, 1.82) is 0 Å². The van der Waals surface area contributed by atoms with Gasteiger partial charge in [-0.1, -0.05) is 61.0 Å². The number of pyridine rings is 1. The van der Waals surface area contributed by atoms with Crippen molar-refractivity contribution in [2.75, 3.05) is 32.1 Å². The molecule has 29 heavy (non-hydrogen) atoms. The summed E-state index contributed by atoms with van der Waals surface area (Å²) in [6.45, 7) is 6.41. The van der Waals surface area contributed by atoms with E-state index in [1.54, 1.807) is 27.8 Å². The van der Waals surface area contributed by atoms with Crippen LogP contribution in [0.5, 0.6) is 0 Å². The van der Waals surface area contributed by atoms with Crippen LogP contribution in [0.15, 0.2) is 59.8 Å². The normalized spacial score (nSPS) is 12.9. The van der Waals surface area contributed by atoms with E-state index in [1.807, 2.05) is 24.3 Å². The Morgan fingerprint density at radius 2 is 1.86 bits per heavy atom. The van der Waals surface area contributed by atoms with Gasteiger partial charge in [0.05, 0.1) is 6.61 Å². The molecule has 1 heterocycles. The third-order valence-corrected chi connectivity index (χ3v) is 6.86. The number of alkyl carbamates (subject to hydrolysis) is 1. The van der Waals surface area contributed by atoms with E-state index >= 15 is 0 Å². The zero-order chi connectivity index (χ0) is 20.7. The lowest BCUT2D eigenvalue weighted by Crippen LogP contribution is -2.27. The lowest BCUT2D eigenvalue weighted by Gasteiger charge is -2.20. The van der Waals surface area contributed by atoms with Crippen LogP contribution in [-0.2, 0) is 9.47 Å². The van der Waals surface area contributed by atoms with Crippen LogP contribution in [0, 0.1) is 5.92 Å². The minimum atomic E-state index is -0.400.